The standard InChI is InChI=1S/C8H10FN/c1-6-3-7(2)10-8(4-6)5-9/h3-4H,5H2,1-2H3. The van der Waals surface area contributed by atoms with Gasteiger partial charge >= 0.3 is 0 Å². The number of hydrogen-bond donors (Lipinski definition) is 0. The second-order valence-electron chi connectivity index (χ2n) is 2.41. The molecule has 0 aliphatic rings. The van der Waals surface area contributed by atoms with Gasteiger partial charge < -0.3 is 0 Å². The Morgan fingerprint density at radius 2 is 2.10 bits per heavy atom. The highest BCUT2D eigenvalue weighted by Crippen LogP contribution is 2.04. The molecule has 1 aromatic rings. The minimum absolute atomic E-state index is 0.470. The number of alkyl halides is 1. The van der Waals surface area contributed by atoms with Gasteiger partial charge in [0.25, 0.3) is 0 Å². The number of hydrogen-bond acceptors (Lipinski definition) is 1. The van der Waals surface area contributed by atoms with Crippen LogP contribution in [0.4, 0.5) is 4.39 Å². The van der Waals surface area contributed by atoms with Crippen LogP contribution in [-0.2, 0) is 6.67 Å². The fraction of sp³-hybridized carbons (Fsp3) is 0.375. The maximum atomic E-state index is 12.0. The van der Waals surface area contributed by atoms with Gasteiger partial charge in [-0.3, -0.25) is 4.98 Å². The third kappa shape index (κ3) is 1.53. The van der Waals surface area contributed by atoms with Crippen LogP contribution >= 0.6 is 0 Å². The summed E-state index contributed by atoms with van der Waals surface area (Å²) < 4.78 is 12.0. The van der Waals surface area contributed by atoms with Crippen molar-refractivity contribution in [2.75, 3.05) is 0 Å². The van der Waals surface area contributed by atoms with E-state index >= 15 is 0 Å². The predicted octanol–water partition coefficient (Wildman–Crippen LogP) is 2.17. The lowest BCUT2D eigenvalue weighted by Crippen LogP contribution is -1.89. The molecular formula is C8H10FN. The van der Waals surface area contributed by atoms with Crippen LogP contribution in [0.3, 0.4) is 0 Å². The van der Waals surface area contributed by atoms with E-state index in [2.05, 4.69) is 4.98 Å². The van der Waals surface area contributed by atoms with Gasteiger partial charge in [-0.15, -0.1) is 0 Å². The summed E-state index contributed by atoms with van der Waals surface area (Å²) in [6, 6.07) is 3.69. The largest absolute Gasteiger partial charge is 0.255 e. The number of pyridine rings is 1. The number of aryl methyl sites for hydroxylation is 2. The molecule has 0 unspecified atom stereocenters. The number of nitrogens with zero attached hydrogens (tertiary/aromatic N) is 1. The van der Waals surface area contributed by atoms with Gasteiger partial charge in [0.1, 0.15) is 6.67 Å². The molecule has 0 fully saturated rings. The van der Waals surface area contributed by atoms with Crippen molar-refractivity contribution in [3.63, 3.8) is 0 Å². The summed E-state index contributed by atoms with van der Waals surface area (Å²) in [5.74, 6) is 0. The topological polar surface area (TPSA) is 12.9 Å². The summed E-state index contributed by atoms with van der Waals surface area (Å²) in [7, 11) is 0. The van der Waals surface area contributed by atoms with Crippen LogP contribution in [0.25, 0.3) is 0 Å². The average molecular weight is 139 g/mol. The van der Waals surface area contributed by atoms with Crippen molar-refractivity contribution in [2.24, 2.45) is 0 Å². The van der Waals surface area contributed by atoms with Crippen molar-refractivity contribution < 1.29 is 4.39 Å². The van der Waals surface area contributed by atoms with E-state index in [-0.39, 0.29) is 0 Å². The molecule has 1 rings (SSSR count). The van der Waals surface area contributed by atoms with Crippen LogP contribution in [0, 0.1) is 13.8 Å². The van der Waals surface area contributed by atoms with Gasteiger partial charge in [0.2, 0.25) is 0 Å². The van der Waals surface area contributed by atoms with Gasteiger partial charge in [0.15, 0.2) is 0 Å². The van der Waals surface area contributed by atoms with Crippen LogP contribution in [0.5, 0.6) is 0 Å². The molecule has 0 saturated heterocycles. The summed E-state index contributed by atoms with van der Waals surface area (Å²) >= 11 is 0. The van der Waals surface area contributed by atoms with E-state index in [1.807, 2.05) is 19.9 Å². The van der Waals surface area contributed by atoms with E-state index in [1.54, 1.807) is 6.07 Å². The summed E-state index contributed by atoms with van der Waals surface area (Å²) in [6.07, 6.45) is 0. The molecule has 0 bridgehead atoms. The van der Waals surface area contributed by atoms with Crippen molar-refractivity contribution in [3.8, 4) is 0 Å². The highest BCUT2D eigenvalue weighted by molar-refractivity contribution is 5.18. The van der Waals surface area contributed by atoms with Gasteiger partial charge in [-0.25, -0.2) is 4.39 Å². The first-order valence-electron chi connectivity index (χ1n) is 3.22. The molecule has 0 atom stereocenters. The zero-order chi connectivity index (χ0) is 7.56. The van der Waals surface area contributed by atoms with Crippen molar-refractivity contribution in [3.05, 3.63) is 29.1 Å². The lowest BCUT2D eigenvalue weighted by Gasteiger charge is -1.97. The Bertz CT molecular complexity index is 212. The van der Waals surface area contributed by atoms with E-state index < -0.39 is 6.67 Å². The second-order valence-corrected chi connectivity index (χ2v) is 2.41. The fourth-order valence-corrected chi connectivity index (χ4v) is 0.993. The first kappa shape index (κ1) is 7.19. The van der Waals surface area contributed by atoms with Gasteiger partial charge in [-0.05, 0) is 31.5 Å². The molecule has 0 radical (unpaired) electrons. The van der Waals surface area contributed by atoms with Gasteiger partial charge in [-0.2, -0.15) is 0 Å². The average Bonchev–Trinajstić information content (AvgIpc) is 1.85. The molecule has 1 aromatic heterocycles. The zero-order valence-corrected chi connectivity index (χ0v) is 6.19. The Kier molecular flexibility index (Phi) is 2.00. The lowest BCUT2D eigenvalue weighted by atomic mass is 10.2. The number of halogens is 1. The third-order valence-corrected chi connectivity index (χ3v) is 1.29. The molecule has 2 heteroatoms. The minimum Gasteiger partial charge on any atom is -0.255 e. The normalized spacial score (nSPS) is 9.90. The summed E-state index contributed by atoms with van der Waals surface area (Å²) in [5, 5.41) is 0. The Hall–Kier alpha value is -0.920. The second kappa shape index (κ2) is 2.78. The highest BCUT2D eigenvalue weighted by Gasteiger charge is 1.94. The van der Waals surface area contributed by atoms with Crippen LogP contribution in [0.1, 0.15) is 17.0 Å². The van der Waals surface area contributed by atoms with Crippen molar-refractivity contribution >= 4 is 0 Å². The molecule has 0 aliphatic heterocycles. The smallest absolute Gasteiger partial charge is 0.131 e. The zero-order valence-electron chi connectivity index (χ0n) is 6.19. The van der Waals surface area contributed by atoms with E-state index in [0.717, 1.165) is 11.3 Å². The van der Waals surface area contributed by atoms with Crippen LogP contribution < -0.4 is 0 Å². The summed E-state index contributed by atoms with van der Waals surface area (Å²) in [6.45, 7) is 3.34. The van der Waals surface area contributed by atoms with E-state index in [4.69, 9.17) is 0 Å². The molecule has 54 valence electrons. The Morgan fingerprint density at radius 3 is 2.60 bits per heavy atom. The molecule has 1 heterocycles. The van der Waals surface area contributed by atoms with Crippen LogP contribution in [0.15, 0.2) is 12.1 Å². The van der Waals surface area contributed by atoms with E-state index in [0.29, 0.717) is 5.69 Å². The molecule has 0 saturated carbocycles. The van der Waals surface area contributed by atoms with Gasteiger partial charge in [0, 0.05) is 5.69 Å². The molecule has 0 amide bonds. The Morgan fingerprint density at radius 1 is 1.40 bits per heavy atom. The molecule has 0 N–H and O–H groups in total. The minimum atomic E-state index is -0.470. The first-order chi connectivity index (χ1) is 4.72. The van der Waals surface area contributed by atoms with Crippen molar-refractivity contribution in [2.45, 2.75) is 20.5 Å². The quantitative estimate of drug-likeness (QED) is 0.581. The Balaban J connectivity index is 3.06. The maximum Gasteiger partial charge on any atom is 0.131 e. The molecule has 0 aliphatic carbocycles. The third-order valence-electron chi connectivity index (χ3n) is 1.29. The first-order valence-corrected chi connectivity index (χ1v) is 3.22. The molecule has 1 nitrogen and oxygen atoms in total. The molecule has 10 heavy (non-hydrogen) atoms. The van der Waals surface area contributed by atoms with Gasteiger partial charge in [0.05, 0.1) is 5.69 Å². The SMILES string of the molecule is Cc1cc(C)nc(CF)c1. The molecular weight excluding hydrogens is 129 g/mol. The maximum absolute atomic E-state index is 12.0. The van der Waals surface area contributed by atoms with E-state index in [9.17, 15) is 4.39 Å². The fourth-order valence-electron chi connectivity index (χ4n) is 0.993. The van der Waals surface area contributed by atoms with Crippen LogP contribution in [0.2, 0.25) is 0 Å². The number of aromatic nitrogens is 1. The summed E-state index contributed by atoms with van der Waals surface area (Å²) in [4.78, 5) is 3.98. The highest BCUT2D eigenvalue weighted by atomic mass is 19.1. The Labute approximate surface area is 59.9 Å². The lowest BCUT2D eigenvalue weighted by molar-refractivity contribution is 0.475. The van der Waals surface area contributed by atoms with E-state index in [1.165, 1.54) is 0 Å². The van der Waals surface area contributed by atoms with Gasteiger partial charge in [-0.1, -0.05) is 0 Å². The van der Waals surface area contributed by atoms with Crippen molar-refractivity contribution in [1.29, 1.82) is 0 Å². The predicted molar refractivity (Wildman–Crippen MR) is 38.5 cm³/mol. The monoisotopic (exact) mass is 139 g/mol. The van der Waals surface area contributed by atoms with Crippen LogP contribution in [-0.4, -0.2) is 4.98 Å². The molecule has 0 spiro atoms. The van der Waals surface area contributed by atoms with Crippen molar-refractivity contribution in [1.82, 2.24) is 4.98 Å². The summed E-state index contributed by atoms with van der Waals surface area (Å²) in [5.41, 5.74) is 2.48. The molecule has 0 aromatic carbocycles. The number of rotatable bonds is 1.